The van der Waals surface area contributed by atoms with Crippen LogP contribution in [0.5, 0.6) is 5.75 Å². The molecule has 0 amide bonds. The Labute approximate surface area is 157 Å². The minimum atomic E-state index is -0.287. The molecule has 0 spiro atoms. The molecule has 1 fully saturated rings. The Morgan fingerprint density at radius 2 is 1.46 bits per heavy atom. The average Bonchev–Trinajstić information content (AvgIpc) is 2.62. The zero-order valence-electron chi connectivity index (χ0n) is 16.2. The van der Waals surface area contributed by atoms with Gasteiger partial charge in [0.2, 0.25) is 0 Å². The van der Waals surface area contributed by atoms with Crippen molar-refractivity contribution in [3.8, 4) is 16.9 Å². The van der Waals surface area contributed by atoms with Crippen LogP contribution in [0, 0.1) is 11.8 Å². The summed E-state index contributed by atoms with van der Waals surface area (Å²) in [5, 5.41) is 0. The number of esters is 1. The monoisotopic (exact) mass is 350 g/mol. The molecule has 0 radical (unpaired) electrons. The summed E-state index contributed by atoms with van der Waals surface area (Å²) in [4.78, 5) is 11.0. The Bertz CT molecular complexity index is 705. The molecule has 2 nitrogen and oxygen atoms in total. The van der Waals surface area contributed by atoms with E-state index < -0.39 is 0 Å². The maximum Gasteiger partial charge on any atom is 0.308 e. The lowest BCUT2D eigenvalue weighted by Gasteiger charge is -2.29. The summed E-state index contributed by atoms with van der Waals surface area (Å²) in [7, 11) is 0. The molecule has 0 aliphatic heterocycles. The largest absolute Gasteiger partial charge is 0.427 e. The molecule has 0 aromatic heterocycles. The van der Waals surface area contributed by atoms with Gasteiger partial charge < -0.3 is 4.74 Å². The number of hydrogen-bond acceptors (Lipinski definition) is 2. The standard InChI is InChI=1S/C24H30O2/c1-17(2)16-19-4-6-20(7-5-19)21-8-10-22(11-9-21)23-12-14-24(15-13-23)26-18(3)25/h8-15,17,19-20H,4-7,16H2,1-3H3. The van der Waals surface area contributed by atoms with Gasteiger partial charge in [0, 0.05) is 6.92 Å². The number of carbonyl (C=O) groups is 1. The van der Waals surface area contributed by atoms with Gasteiger partial charge in [-0.15, -0.1) is 0 Å². The number of benzene rings is 2. The smallest absolute Gasteiger partial charge is 0.308 e. The highest BCUT2D eigenvalue weighted by Crippen LogP contribution is 2.38. The zero-order chi connectivity index (χ0) is 18.5. The van der Waals surface area contributed by atoms with E-state index in [1.165, 1.54) is 50.2 Å². The highest BCUT2D eigenvalue weighted by Gasteiger charge is 2.22. The third kappa shape index (κ3) is 4.97. The Balaban J connectivity index is 1.61. The SMILES string of the molecule is CC(=O)Oc1ccc(-c2ccc(C3CCC(CC(C)C)CC3)cc2)cc1. The average molecular weight is 351 g/mol. The first-order chi connectivity index (χ1) is 12.5. The predicted molar refractivity (Wildman–Crippen MR) is 107 cm³/mol. The Kier molecular flexibility index (Phi) is 6.13. The van der Waals surface area contributed by atoms with Crippen molar-refractivity contribution in [2.24, 2.45) is 11.8 Å². The van der Waals surface area contributed by atoms with Crippen LogP contribution in [-0.2, 0) is 4.79 Å². The van der Waals surface area contributed by atoms with Gasteiger partial charge in [-0.25, -0.2) is 0 Å². The Hall–Kier alpha value is -2.09. The van der Waals surface area contributed by atoms with Crippen LogP contribution in [-0.4, -0.2) is 5.97 Å². The summed E-state index contributed by atoms with van der Waals surface area (Å²) < 4.78 is 5.10. The molecular formula is C24H30O2. The van der Waals surface area contributed by atoms with Gasteiger partial charge in [0.25, 0.3) is 0 Å². The minimum Gasteiger partial charge on any atom is -0.427 e. The first-order valence-corrected chi connectivity index (χ1v) is 9.90. The van der Waals surface area contributed by atoms with Gasteiger partial charge in [0.05, 0.1) is 0 Å². The predicted octanol–water partition coefficient (Wildman–Crippen LogP) is 6.60. The highest BCUT2D eigenvalue weighted by atomic mass is 16.5. The fraction of sp³-hybridized carbons (Fsp3) is 0.458. The molecule has 2 aromatic rings. The van der Waals surface area contributed by atoms with Crippen LogP contribution >= 0.6 is 0 Å². The van der Waals surface area contributed by atoms with Crippen molar-refractivity contribution < 1.29 is 9.53 Å². The third-order valence-corrected chi connectivity index (χ3v) is 5.48. The Morgan fingerprint density at radius 3 is 1.96 bits per heavy atom. The second-order valence-electron chi connectivity index (χ2n) is 8.09. The van der Waals surface area contributed by atoms with E-state index in [1.54, 1.807) is 0 Å². The summed E-state index contributed by atoms with van der Waals surface area (Å²) in [5.74, 6) is 2.78. The summed E-state index contributed by atoms with van der Waals surface area (Å²) in [6.07, 6.45) is 6.79. The fourth-order valence-electron chi connectivity index (χ4n) is 4.23. The quantitative estimate of drug-likeness (QED) is 0.448. The van der Waals surface area contributed by atoms with Gasteiger partial charge in [-0.05, 0) is 78.7 Å². The number of rotatable bonds is 5. The van der Waals surface area contributed by atoms with E-state index in [0.29, 0.717) is 5.75 Å². The third-order valence-electron chi connectivity index (χ3n) is 5.48. The molecule has 0 saturated heterocycles. The number of carbonyl (C=O) groups excluding carboxylic acids is 1. The molecule has 0 unspecified atom stereocenters. The van der Waals surface area contributed by atoms with Crippen LogP contribution in [0.2, 0.25) is 0 Å². The highest BCUT2D eigenvalue weighted by molar-refractivity contribution is 5.70. The lowest BCUT2D eigenvalue weighted by Crippen LogP contribution is -2.14. The van der Waals surface area contributed by atoms with Gasteiger partial charge in [-0.2, -0.15) is 0 Å². The van der Waals surface area contributed by atoms with Crippen molar-refractivity contribution in [3.63, 3.8) is 0 Å². The molecule has 26 heavy (non-hydrogen) atoms. The van der Waals surface area contributed by atoms with Gasteiger partial charge in [-0.3, -0.25) is 4.79 Å². The maximum atomic E-state index is 11.0. The number of ether oxygens (including phenoxy) is 1. The number of hydrogen-bond donors (Lipinski definition) is 0. The van der Waals surface area contributed by atoms with Crippen LogP contribution < -0.4 is 4.74 Å². The molecule has 3 rings (SSSR count). The molecule has 0 atom stereocenters. The zero-order valence-corrected chi connectivity index (χ0v) is 16.2. The van der Waals surface area contributed by atoms with E-state index >= 15 is 0 Å². The normalized spacial score (nSPS) is 20.2. The van der Waals surface area contributed by atoms with Crippen LogP contribution in [0.3, 0.4) is 0 Å². The van der Waals surface area contributed by atoms with Crippen molar-refractivity contribution in [2.45, 2.75) is 58.8 Å². The van der Waals surface area contributed by atoms with Gasteiger partial charge in [-0.1, -0.05) is 50.2 Å². The van der Waals surface area contributed by atoms with E-state index in [0.717, 1.165) is 23.3 Å². The first kappa shape index (κ1) is 18.7. The fourth-order valence-corrected chi connectivity index (χ4v) is 4.23. The molecule has 1 aliphatic rings. The van der Waals surface area contributed by atoms with Crippen LogP contribution in [0.15, 0.2) is 48.5 Å². The van der Waals surface area contributed by atoms with E-state index in [9.17, 15) is 4.79 Å². The van der Waals surface area contributed by atoms with E-state index in [2.05, 4.69) is 38.1 Å². The molecule has 138 valence electrons. The lowest BCUT2D eigenvalue weighted by molar-refractivity contribution is -0.131. The molecule has 2 aromatic carbocycles. The second kappa shape index (κ2) is 8.53. The summed E-state index contributed by atoms with van der Waals surface area (Å²) in [6.45, 7) is 6.09. The van der Waals surface area contributed by atoms with Crippen molar-refractivity contribution in [1.82, 2.24) is 0 Å². The summed E-state index contributed by atoms with van der Waals surface area (Å²) >= 11 is 0. The Morgan fingerprint density at radius 1 is 0.923 bits per heavy atom. The van der Waals surface area contributed by atoms with Gasteiger partial charge in [0.15, 0.2) is 0 Å². The molecular weight excluding hydrogens is 320 g/mol. The molecule has 0 heterocycles. The molecule has 1 aliphatic carbocycles. The second-order valence-corrected chi connectivity index (χ2v) is 8.09. The molecule has 0 N–H and O–H groups in total. The van der Waals surface area contributed by atoms with Crippen LogP contribution in [0.25, 0.3) is 11.1 Å². The van der Waals surface area contributed by atoms with Gasteiger partial charge >= 0.3 is 5.97 Å². The van der Waals surface area contributed by atoms with Gasteiger partial charge in [0.1, 0.15) is 5.75 Å². The topological polar surface area (TPSA) is 26.3 Å². The van der Waals surface area contributed by atoms with Crippen molar-refractivity contribution in [3.05, 3.63) is 54.1 Å². The summed E-state index contributed by atoms with van der Waals surface area (Å²) in [5.41, 5.74) is 3.83. The van der Waals surface area contributed by atoms with E-state index in [1.807, 2.05) is 24.3 Å². The maximum absolute atomic E-state index is 11.0. The van der Waals surface area contributed by atoms with Crippen molar-refractivity contribution in [1.29, 1.82) is 0 Å². The van der Waals surface area contributed by atoms with Crippen molar-refractivity contribution in [2.75, 3.05) is 0 Å². The molecule has 2 heteroatoms. The van der Waals surface area contributed by atoms with Crippen molar-refractivity contribution >= 4 is 5.97 Å². The summed E-state index contributed by atoms with van der Waals surface area (Å²) in [6, 6.07) is 16.7. The first-order valence-electron chi connectivity index (χ1n) is 9.90. The van der Waals surface area contributed by atoms with E-state index in [-0.39, 0.29) is 5.97 Å². The van der Waals surface area contributed by atoms with E-state index in [4.69, 9.17) is 4.74 Å². The van der Waals surface area contributed by atoms with Crippen LogP contribution in [0.4, 0.5) is 0 Å². The molecule has 0 bridgehead atoms. The van der Waals surface area contributed by atoms with Crippen LogP contribution in [0.1, 0.15) is 64.4 Å². The lowest BCUT2D eigenvalue weighted by atomic mass is 9.76. The molecule has 1 saturated carbocycles. The minimum absolute atomic E-state index is 0.287.